The number of rotatable bonds is 4. The summed E-state index contributed by atoms with van der Waals surface area (Å²) in [5, 5.41) is 3.78. The van der Waals surface area contributed by atoms with Crippen LogP contribution in [0.5, 0.6) is 0 Å². The van der Waals surface area contributed by atoms with Crippen LogP contribution in [-0.2, 0) is 6.54 Å². The van der Waals surface area contributed by atoms with E-state index in [0.717, 1.165) is 22.5 Å². The summed E-state index contributed by atoms with van der Waals surface area (Å²) in [4.78, 5) is 17.2. The first-order valence-electron chi connectivity index (χ1n) is 6.71. The van der Waals surface area contributed by atoms with Crippen LogP contribution in [0.2, 0.25) is 0 Å². The smallest absolute Gasteiger partial charge is 0.332 e. The van der Waals surface area contributed by atoms with Crippen molar-refractivity contribution >= 4 is 34.6 Å². The zero-order valence-electron chi connectivity index (χ0n) is 12.0. The van der Waals surface area contributed by atoms with E-state index in [1.54, 1.807) is 17.6 Å². The lowest BCUT2D eigenvalue weighted by atomic mass is 10.2. The van der Waals surface area contributed by atoms with Gasteiger partial charge in [-0.25, -0.2) is 15.2 Å². The second-order valence-corrected chi connectivity index (χ2v) is 6.11. The molecule has 0 fully saturated rings. The Morgan fingerprint density at radius 3 is 3.14 bits per heavy atom. The Balaban J connectivity index is 1.82. The van der Waals surface area contributed by atoms with E-state index < -0.39 is 6.03 Å². The second-order valence-electron chi connectivity index (χ2n) is 4.83. The van der Waals surface area contributed by atoms with Crippen molar-refractivity contribution in [2.45, 2.75) is 13.5 Å². The molecule has 3 aromatic rings. The predicted molar refractivity (Wildman–Crippen MR) is 88.2 cm³/mol. The Labute approximate surface area is 131 Å². The number of amides is 2. The average Bonchev–Trinajstić information content (AvgIpc) is 3.04. The molecule has 2 heterocycles. The number of imidazole rings is 1. The van der Waals surface area contributed by atoms with Crippen LogP contribution in [0.3, 0.4) is 0 Å². The first-order chi connectivity index (χ1) is 10.6. The van der Waals surface area contributed by atoms with Crippen LogP contribution in [0.4, 0.5) is 4.79 Å². The van der Waals surface area contributed by atoms with E-state index in [9.17, 15) is 4.79 Å². The molecule has 6 nitrogen and oxygen atoms in total. The molecule has 0 atom stereocenters. The molecular weight excluding hydrogens is 298 g/mol. The van der Waals surface area contributed by atoms with Crippen molar-refractivity contribution in [2.24, 2.45) is 10.8 Å². The Morgan fingerprint density at radius 1 is 1.50 bits per heavy atom. The summed E-state index contributed by atoms with van der Waals surface area (Å²) < 4.78 is 2.12. The van der Waals surface area contributed by atoms with Crippen LogP contribution in [0.25, 0.3) is 11.0 Å². The molecular formula is C15H15N5OS. The van der Waals surface area contributed by atoms with Gasteiger partial charge in [0.05, 0.1) is 30.1 Å². The van der Waals surface area contributed by atoms with Crippen molar-refractivity contribution in [2.75, 3.05) is 0 Å². The molecule has 0 saturated heterocycles. The van der Waals surface area contributed by atoms with Gasteiger partial charge in [-0.2, -0.15) is 5.10 Å². The van der Waals surface area contributed by atoms with Gasteiger partial charge in [0, 0.05) is 9.75 Å². The summed E-state index contributed by atoms with van der Waals surface area (Å²) >= 11 is 1.62. The topological polar surface area (TPSA) is 85.3 Å². The summed E-state index contributed by atoms with van der Waals surface area (Å²) in [7, 11) is 0. The van der Waals surface area contributed by atoms with Crippen LogP contribution >= 0.6 is 11.3 Å². The van der Waals surface area contributed by atoms with Gasteiger partial charge in [0.1, 0.15) is 0 Å². The monoisotopic (exact) mass is 313 g/mol. The lowest BCUT2D eigenvalue weighted by molar-refractivity contribution is 0.249. The molecule has 0 aliphatic rings. The Kier molecular flexibility index (Phi) is 3.88. The standard InChI is InChI=1S/C15H15N5OS/c1-10-11(6-12(22-10)7-18-19-15(16)21)8-20-9-17-13-4-2-3-5-14(13)20/h2-7,9H,8H2,1H3,(H3,16,19,21)/b18-7+. The highest BCUT2D eigenvalue weighted by molar-refractivity contribution is 7.13. The molecule has 0 saturated carbocycles. The van der Waals surface area contributed by atoms with Crippen molar-refractivity contribution < 1.29 is 4.79 Å². The normalized spacial score (nSPS) is 11.3. The number of nitrogens with two attached hydrogens (primary N) is 1. The number of benzene rings is 1. The Hall–Kier alpha value is -2.67. The molecule has 2 aromatic heterocycles. The number of hydrazone groups is 1. The second kappa shape index (κ2) is 5.98. The molecule has 0 aliphatic carbocycles. The van der Waals surface area contributed by atoms with Gasteiger partial charge in [-0.15, -0.1) is 11.3 Å². The maximum Gasteiger partial charge on any atom is 0.332 e. The molecule has 0 bridgehead atoms. The van der Waals surface area contributed by atoms with Crippen LogP contribution in [0, 0.1) is 6.92 Å². The maximum atomic E-state index is 10.6. The highest BCUT2D eigenvalue weighted by Gasteiger charge is 2.07. The minimum Gasteiger partial charge on any atom is -0.350 e. The van der Waals surface area contributed by atoms with Crippen molar-refractivity contribution in [1.29, 1.82) is 0 Å². The van der Waals surface area contributed by atoms with Crippen molar-refractivity contribution in [3.63, 3.8) is 0 Å². The number of para-hydroxylation sites is 2. The summed E-state index contributed by atoms with van der Waals surface area (Å²) in [5.41, 5.74) is 10.5. The van der Waals surface area contributed by atoms with Gasteiger partial charge in [0.2, 0.25) is 0 Å². The number of urea groups is 1. The SMILES string of the molecule is Cc1sc(/C=N/NC(N)=O)cc1Cn1cnc2ccccc21. The van der Waals surface area contributed by atoms with E-state index in [1.807, 2.05) is 24.5 Å². The number of carbonyl (C=O) groups excluding carboxylic acids is 1. The first kappa shape index (κ1) is 14.3. The minimum absolute atomic E-state index is 0.672. The summed E-state index contributed by atoms with van der Waals surface area (Å²) in [6.07, 6.45) is 3.45. The molecule has 7 heteroatoms. The number of primary amides is 1. The van der Waals surface area contributed by atoms with Gasteiger partial charge >= 0.3 is 6.03 Å². The maximum absolute atomic E-state index is 10.6. The lowest BCUT2D eigenvalue weighted by Crippen LogP contribution is -2.24. The van der Waals surface area contributed by atoms with E-state index in [2.05, 4.69) is 39.1 Å². The zero-order chi connectivity index (χ0) is 15.5. The fraction of sp³-hybridized carbons (Fsp3) is 0.133. The highest BCUT2D eigenvalue weighted by atomic mass is 32.1. The van der Waals surface area contributed by atoms with Crippen LogP contribution in [0.15, 0.2) is 41.8 Å². The van der Waals surface area contributed by atoms with Crippen LogP contribution < -0.4 is 11.2 Å². The third kappa shape index (κ3) is 2.99. The number of fused-ring (bicyclic) bond motifs is 1. The van der Waals surface area contributed by atoms with E-state index in [0.29, 0.717) is 0 Å². The number of hydrogen-bond donors (Lipinski definition) is 2. The van der Waals surface area contributed by atoms with Crippen molar-refractivity contribution in [3.8, 4) is 0 Å². The summed E-state index contributed by atoms with van der Waals surface area (Å²) in [6.45, 7) is 2.82. The van der Waals surface area contributed by atoms with E-state index >= 15 is 0 Å². The van der Waals surface area contributed by atoms with Gasteiger partial charge in [0.15, 0.2) is 0 Å². The third-order valence-corrected chi connectivity index (χ3v) is 4.30. The molecule has 0 radical (unpaired) electrons. The highest BCUT2D eigenvalue weighted by Crippen LogP contribution is 2.22. The molecule has 112 valence electrons. The molecule has 3 N–H and O–H groups in total. The zero-order valence-corrected chi connectivity index (χ0v) is 12.8. The molecule has 1 aromatic carbocycles. The number of nitrogens with one attached hydrogen (secondary N) is 1. The average molecular weight is 313 g/mol. The number of hydrogen-bond acceptors (Lipinski definition) is 4. The summed E-state index contributed by atoms with van der Waals surface area (Å²) in [5.74, 6) is 0. The number of thiophene rings is 1. The van der Waals surface area contributed by atoms with E-state index in [4.69, 9.17) is 5.73 Å². The van der Waals surface area contributed by atoms with Crippen molar-refractivity contribution in [1.82, 2.24) is 15.0 Å². The van der Waals surface area contributed by atoms with Gasteiger partial charge < -0.3 is 10.3 Å². The fourth-order valence-electron chi connectivity index (χ4n) is 2.25. The molecule has 22 heavy (non-hydrogen) atoms. The Morgan fingerprint density at radius 2 is 2.32 bits per heavy atom. The number of carbonyl (C=O) groups is 1. The number of aromatic nitrogens is 2. The predicted octanol–water partition coefficient (Wildman–Crippen LogP) is 2.46. The van der Waals surface area contributed by atoms with E-state index in [-0.39, 0.29) is 0 Å². The quantitative estimate of drug-likeness (QED) is 0.572. The molecule has 3 rings (SSSR count). The first-order valence-corrected chi connectivity index (χ1v) is 7.53. The minimum atomic E-state index is -0.672. The van der Waals surface area contributed by atoms with Crippen LogP contribution in [-0.4, -0.2) is 21.8 Å². The van der Waals surface area contributed by atoms with Crippen molar-refractivity contribution in [3.05, 3.63) is 52.0 Å². The number of aryl methyl sites for hydroxylation is 1. The molecule has 2 amide bonds. The lowest BCUT2D eigenvalue weighted by Gasteiger charge is -2.03. The van der Waals surface area contributed by atoms with Crippen LogP contribution in [0.1, 0.15) is 15.3 Å². The van der Waals surface area contributed by atoms with Gasteiger partial charge in [-0.3, -0.25) is 0 Å². The van der Waals surface area contributed by atoms with Gasteiger partial charge in [-0.05, 0) is 30.7 Å². The third-order valence-electron chi connectivity index (χ3n) is 3.27. The molecule has 0 unspecified atom stereocenters. The van der Waals surface area contributed by atoms with Gasteiger partial charge in [0.25, 0.3) is 0 Å². The Bertz CT molecular complexity index is 849. The fourth-order valence-corrected chi connectivity index (χ4v) is 3.16. The van der Waals surface area contributed by atoms with Gasteiger partial charge in [-0.1, -0.05) is 12.1 Å². The summed E-state index contributed by atoms with van der Waals surface area (Å²) in [6, 6.07) is 9.43. The largest absolute Gasteiger partial charge is 0.350 e. The molecule has 0 spiro atoms. The molecule has 0 aliphatic heterocycles. The van der Waals surface area contributed by atoms with E-state index in [1.165, 1.54) is 10.4 Å². The number of nitrogens with zero attached hydrogens (tertiary/aromatic N) is 3.